The molecule has 0 heterocycles. The van der Waals surface area contributed by atoms with Crippen LogP contribution in [0.3, 0.4) is 0 Å². The molecule has 100 valence electrons. The van der Waals surface area contributed by atoms with E-state index in [0.717, 1.165) is 11.8 Å². The molecule has 1 fully saturated rings. The number of para-hydroxylation sites is 1. The first-order valence-electron chi connectivity index (χ1n) is 7.18. The minimum atomic E-state index is 0.680. The molecule has 2 heteroatoms. The fourth-order valence-electron chi connectivity index (χ4n) is 2.91. The fourth-order valence-corrected chi connectivity index (χ4v) is 2.91. The van der Waals surface area contributed by atoms with E-state index >= 15 is 0 Å². The Balaban J connectivity index is 2.04. The smallest absolute Gasteiger partial charge is 0.122 e. The lowest BCUT2D eigenvalue weighted by molar-refractivity contribution is 0.259. The van der Waals surface area contributed by atoms with E-state index in [4.69, 9.17) is 4.74 Å². The van der Waals surface area contributed by atoms with Crippen molar-refractivity contribution in [3.05, 3.63) is 29.8 Å². The average Bonchev–Trinajstić information content (AvgIpc) is 3.18. The lowest BCUT2D eigenvalue weighted by atomic mass is 10.1. The Morgan fingerprint density at radius 2 is 1.83 bits per heavy atom. The molecule has 2 atom stereocenters. The molecular weight excluding hydrogens is 222 g/mol. The zero-order valence-corrected chi connectivity index (χ0v) is 11.9. The first kappa shape index (κ1) is 13.4. The van der Waals surface area contributed by atoms with Crippen LogP contribution in [-0.4, -0.2) is 31.1 Å². The second-order valence-corrected chi connectivity index (χ2v) is 5.19. The van der Waals surface area contributed by atoms with Crippen molar-refractivity contribution in [2.45, 2.75) is 45.1 Å². The third-order valence-electron chi connectivity index (χ3n) is 3.79. The summed E-state index contributed by atoms with van der Waals surface area (Å²) in [7, 11) is 1.77. The molecule has 18 heavy (non-hydrogen) atoms. The van der Waals surface area contributed by atoms with Crippen LogP contribution in [0.4, 0.5) is 0 Å². The standard InChI is InChI=1S/C16H25NO/c1-4-10-17(11-5-2)15-12-14(15)13-8-6-7-9-16(13)18-3/h6-9,14-15H,4-5,10-12H2,1-3H3/t14-,15+/m1/s1. The summed E-state index contributed by atoms with van der Waals surface area (Å²) in [6.07, 6.45) is 3.78. The molecule has 0 spiro atoms. The number of ether oxygens (including phenoxy) is 1. The second kappa shape index (κ2) is 6.24. The molecule has 0 unspecified atom stereocenters. The van der Waals surface area contributed by atoms with Gasteiger partial charge in [0.25, 0.3) is 0 Å². The number of rotatable bonds is 7. The van der Waals surface area contributed by atoms with Crippen molar-refractivity contribution in [2.75, 3.05) is 20.2 Å². The lowest BCUT2D eigenvalue weighted by Crippen LogP contribution is -2.28. The van der Waals surface area contributed by atoms with Crippen LogP contribution < -0.4 is 4.74 Å². The highest BCUT2D eigenvalue weighted by Crippen LogP contribution is 2.47. The number of hydrogen-bond donors (Lipinski definition) is 0. The first-order chi connectivity index (χ1) is 8.81. The summed E-state index contributed by atoms with van der Waals surface area (Å²) in [6, 6.07) is 9.21. The molecule has 0 saturated heterocycles. The van der Waals surface area contributed by atoms with Crippen molar-refractivity contribution in [1.82, 2.24) is 4.90 Å². The predicted octanol–water partition coefficient (Wildman–Crippen LogP) is 3.67. The number of nitrogens with zero attached hydrogens (tertiary/aromatic N) is 1. The van der Waals surface area contributed by atoms with Crippen LogP contribution in [0.15, 0.2) is 24.3 Å². The first-order valence-corrected chi connectivity index (χ1v) is 7.18. The molecule has 1 aromatic rings. The third-order valence-corrected chi connectivity index (χ3v) is 3.79. The lowest BCUT2D eigenvalue weighted by Gasteiger charge is -2.21. The van der Waals surface area contributed by atoms with Crippen LogP contribution in [0.5, 0.6) is 5.75 Å². The maximum atomic E-state index is 5.48. The molecular formula is C16H25NO. The summed E-state index contributed by atoms with van der Waals surface area (Å²) in [5, 5.41) is 0. The van der Waals surface area contributed by atoms with Gasteiger partial charge >= 0.3 is 0 Å². The van der Waals surface area contributed by atoms with Crippen molar-refractivity contribution in [3.63, 3.8) is 0 Å². The van der Waals surface area contributed by atoms with Gasteiger partial charge in [0.2, 0.25) is 0 Å². The maximum Gasteiger partial charge on any atom is 0.122 e. The zero-order valence-electron chi connectivity index (χ0n) is 11.9. The minimum Gasteiger partial charge on any atom is -0.496 e. The Labute approximate surface area is 111 Å². The van der Waals surface area contributed by atoms with Gasteiger partial charge in [-0.25, -0.2) is 0 Å². The number of hydrogen-bond acceptors (Lipinski definition) is 2. The fraction of sp³-hybridized carbons (Fsp3) is 0.625. The Hall–Kier alpha value is -1.02. The third kappa shape index (κ3) is 2.86. The summed E-state index contributed by atoms with van der Waals surface area (Å²) in [4.78, 5) is 2.65. The molecule has 1 saturated carbocycles. The van der Waals surface area contributed by atoms with E-state index in [1.807, 2.05) is 0 Å². The number of benzene rings is 1. The van der Waals surface area contributed by atoms with Gasteiger partial charge in [-0.3, -0.25) is 4.90 Å². The van der Waals surface area contributed by atoms with Gasteiger partial charge in [0.05, 0.1) is 7.11 Å². The highest BCUT2D eigenvalue weighted by Gasteiger charge is 2.43. The summed E-state index contributed by atoms with van der Waals surface area (Å²) >= 11 is 0. The summed E-state index contributed by atoms with van der Waals surface area (Å²) in [6.45, 7) is 6.99. The van der Waals surface area contributed by atoms with Crippen LogP contribution in [0, 0.1) is 0 Å². The molecule has 1 aliphatic rings. The summed E-state index contributed by atoms with van der Waals surface area (Å²) < 4.78 is 5.48. The summed E-state index contributed by atoms with van der Waals surface area (Å²) in [5.74, 6) is 1.73. The van der Waals surface area contributed by atoms with Gasteiger partial charge in [0.15, 0.2) is 0 Å². The topological polar surface area (TPSA) is 12.5 Å². The highest BCUT2D eigenvalue weighted by atomic mass is 16.5. The van der Waals surface area contributed by atoms with Crippen LogP contribution in [-0.2, 0) is 0 Å². The predicted molar refractivity (Wildman–Crippen MR) is 76.3 cm³/mol. The van der Waals surface area contributed by atoms with E-state index in [1.54, 1.807) is 7.11 Å². The van der Waals surface area contributed by atoms with E-state index in [1.165, 1.54) is 37.9 Å². The van der Waals surface area contributed by atoms with Gasteiger partial charge in [0.1, 0.15) is 5.75 Å². The molecule has 0 aromatic heterocycles. The molecule has 1 aromatic carbocycles. The average molecular weight is 247 g/mol. The quantitative estimate of drug-likeness (QED) is 0.729. The van der Waals surface area contributed by atoms with Gasteiger partial charge in [-0.05, 0) is 44.0 Å². The van der Waals surface area contributed by atoms with Crippen molar-refractivity contribution in [1.29, 1.82) is 0 Å². The summed E-state index contributed by atoms with van der Waals surface area (Å²) in [5.41, 5.74) is 1.39. The minimum absolute atomic E-state index is 0.680. The highest BCUT2D eigenvalue weighted by molar-refractivity contribution is 5.40. The number of methoxy groups -OCH3 is 1. The Bertz CT molecular complexity index is 371. The van der Waals surface area contributed by atoms with E-state index in [9.17, 15) is 0 Å². The van der Waals surface area contributed by atoms with Crippen LogP contribution >= 0.6 is 0 Å². The SMILES string of the molecule is CCCN(CCC)[C@H]1C[C@@H]1c1ccccc1OC. The van der Waals surface area contributed by atoms with Gasteiger partial charge in [-0.15, -0.1) is 0 Å². The normalized spacial score (nSPS) is 22.2. The second-order valence-electron chi connectivity index (χ2n) is 5.19. The molecule has 0 amide bonds. The molecule has 2 nitrogen and oxygen atoms in total. The van der Waals surface area contributed by atoms with E-state index in [2.05, 4.69) is 43.0 Å². The Morgan fingerprint density at radius 3 is 2.44 bits per heavy atom. The van der Waals surface area contributed by atoms with Gasteiger partial charge in [-0.2, -0.15) is 0 Å². The molecule has 0 aliphatic heterocycles. The van der Waals surface area contributed by atoms with E-state index in [-0.39, 0.29) is 0 Å². The van der Waals surface area contributed by atoms with Crippen LogP contribution in [0.2, 0.25) is 0 Å². The Kier molecular flexibility index (Phi) is 4.65. The van der Waals surface area contributed by atoms with Crippen molar-refractivity contribution < 1.29 is 4.74 Å². The molecule has 1 aliphatic carbocycles. The van der Waals surface area contributed by atoms with Crippen LogP contribution in [0.25, 0.3) is 0 Å². The van der Waals surface area contributed by atoms with Crippen molar-refractivity contribution >= 4 is 0 Å². The molecule has 0 radical (unpaired) electrons. The Morgan fingerprint density at radius 1 is 1.17 bits per heavy atom. The van der Waals surface area contributed by atoms with Gasteiger partial charge in [-0.1, -0.05) is 32.0 Å². The van der Waals surface area contributed by atoms with Gasteiger partial charge < -0.3 is 4.74 Å². The molecule has 0 N–H and O–H groups in total. The monoisotopic (exact) mass is 247 g/mol. The molecule has 0 bridgehead atoms. The van der Waals surface area contributed by atoms with Crippen LogP contribution in [0.1, 0.15) is 44.6 Å². The van der Waals surface area contributed by atoms with Crippen molar-refractivity contribution in [2.24, 2.45) is 0 Å². The largest absolute Gasteiger partial charge is 0.496 e. The zero-order chi connectivity index (χ0) is 13.0. The van der Waals surface area contributed by atoms with E-state index < -0.39 is 0 Å². The maximum absolute atomic E-state index is 5.48. The van der Waals surface area contributed by atoms with Gasteiger partial charge in [0, 0.05) is 12.0 Å². The van der Waals surface area contributed by atoms with Crippen molar-refractivity contribution in [3.8, 4) is 5.75 Å². The van der Waals surface area contributed by atoms with E-state index in [0.29, 0.717) is 5.92 Å². The molecule has 2 rings (SSSR count).